The number of hydrogen-bond acceptors (Lipinski definition) is 3. The molecule has 0 aromatic rings. The van der Waals surface area contributed by atoms with Crippen LogP contribution in [-0.4, -0.2) is 35.7 Å². The summed E-state index contributed by atoms with van der Waals surface area (Å²) >= 11 is 0. The Morgan fingerprint density at radius 2 is 2.25 bits per heavy atom. The molecule has 4 nitrogen and oxygen atoms in total. The Labute approximate surface area is 72.5 Å². The highest BCUT2D eigenvalue weighted by Crippen LogP contribution is 2.02. The van der Waals surface area contributed by atoms with Gasteiger partial charge in [-0.3, -0.25) is 10.2 Å². The van der Waals surface area contributed by atoms with Gasteiger partial charge in [-0.1, -0.05) is 6.42 Å². The predicted molar refractivity (Wildman–Crippen MR) is 45.7 cm³/mol. The topological polar surface area (TPSA) is 52.6 Å². The lowest BCUT2D eigenvalue weighted by Crippen LogP contribution is -2.39. The van der Waals surface area contributed by atoms with Gasteiger partial charge in [0.15, 0.2) is 0 Å². The summed E-state index contributed by atoms with van der Waals surface area (Å²) in [4.78, 5) is 10.3. The van der Waals surface area contributed by atoms with Crippen LogP contribution in [0.4, 0.5) is 0 Å². The summed E-state index contributed by atoms with van der Waals surface area (Å²) < 4.78 is 0. The number of hydrazine groups is 1. The lowest BCUT2D eigenvalue weighted by molar-refractivity contribution is -0.137. The van der Waals surface area contributed by atoms with Crippen molar-refractivity contribution in [2.45, 2.75) is 25.7 Å². The zero-order valence-electron chi connectivity index (χ0n) is 7.25. The van der Waals surface area contributed by atoms with Gasteiger partial charge in [-0.2, -0.15) is 0 Å². The average molecular weight is 172 g/mol. The van der Waals surface area contributed by atoms with Crippen LogP contribution >= 0.6 is 0 Å². The van der Waals surface area contributed by atoms with Gasteiger partial charge in [0.1, 0.15) is 0 Å². The van der Waals surface area contributed by atoms with Crippen molar-refractivity contribution in [1.29, 1.82) is 0 Å². The first-order chi connectivity index (χ1) is 5.79. The van der Waals surface area contributed by atoms with Gasteiger partial charge in [0.05, 0.1) is 6.42 Å². The highest BCUT2D eigenvalue weighted by Gasteiger charge is 2.08. The molecule has 1 heterocycles. The van der Waals surface area contributed by atoms with Crippen LogP contribution in [-0.2, 0) is 4.79 Å². The summed E-state index contributed by atoms with van der Waals surface area (Å²) in [5.41, 5.74) is 3.21. The van der Waals surface area contributed by atoms with Gasteiger partial charge < -0.3 is 5.11 Å². The molecule has 12 heavy (non-hydrogen) atoms. The zero-order chi connectivity index (χ0) is 8.81. The molecule has 1 saturated heterocycles. The van der Waals surface area contributed by atoms with Crippen LogP contribution < -0.4 is 5.43 Å². The molecule has 1 fully saturated rings. The van der Waals surface area contributed by atoms with Crippen molar-refractivity contribution in [3.63, 3.8) is 0 Å². The monoisotopic (exact) mass is 172 g/mol. The third-order valence-electron chi connectivity index (χ3n) is 2.04. The summed E-state index contributed by atoms with van der Waals surface area (Å²) in [7, 11) is 0. The third-order valence-corrected chi connectivity index (χ3v) is 2.04. The van der Waals surface area contributed by atoms with Crippen molar-refractivity contribution < 1.29 is 9.90 Å². The van der Waals surface area contributed by atoms with E-state index in [1.54, 1.807) is 0 Å². The molecular weight excluding hydrogens is 156 g/mol. The maximum Gasteiger partial charge on any atom is 0.304 e. The van der Waals surface area contributed by atoms with Crippen molar-refractivity contribution >= 4 is 5.97 Å². The van der Waals surface area contributed by atoms with Gasteiger partial charge in [0, 0.05) is 19.6 Å². The largest absolute Gasteiger partial charge is 0.481 e. The molecule has 0 aromatic carbocycles. The minimum Gasteiger partial charge on any atom is -0.481 e. The second kappa shape index (κ2) is 5.11. The molecular formula is C8H16N2O2. The van der Waals surface area contributed by atoms with Crippen molar-refractivity contribution in [3.05, 3.63) is 0 Å². The number of carboxylic acids is 1. The quantitative estimate of drug-likeness (QED) is 0.649. The molecule has 2 N–H and O–H groups in total. The summed E-state index contributed by atoms with van der Waals surface area (Å²) in [5.74, 6) is -0.721. The number of hydrogen-bond donors (Lipinski definition) is 2. The second-order valence-corrected chi connectivity index (χ2v) is 3.10. The summed E-state index contributed by atoms with van der Waals surface area (Å²) in [6, 6.07) is 0. The fraction of sp³-hybridized carbons (Fsp3) is 0.875. The smallest absolute Gasteiger partial charge is 0.304 e. The van der Waals surface area contributed by atoms with Crippen LogP contribution in [0.25, 0.3) is 0 Å². The Kier molecular flexibility index (Phi) is 4.04. The molecule has 0 radical (unpaired) electrons. The van der Waals surface area contributed by atoms with Gasteiger partial charge >= 0.3 is 5.97 Å². The standard InChI is InChI=1S/C8H16N2O2/c11-8(12)4-7-10-6-3-1-2-5-9-10/h9H,1-7H2,(H,11,12). The van der Waals surface area contributed by atoms with Gasteiger partial charge in [-0.15, -0.1) is 0 Å². The van der Waals surface area contributed by atoms with E-state index in [4.69, 9.17) is 5.11 Å². The molecule has 0 spiro atoms. The maximum absolute atomic E-state index is 10.3. The molecule has 1 rings (SSSR count). The molecule has 0 amide bonds. The Bertz CT molecular complexity index is 142. The molecule has 0 unspecified atom stereocenters. The van der Waals surface area contributed by atoms with E-state index in [1.807, 2.05) is 5.01 Å². The molecule has 0 aromatic heterocycles. The van der Waals surface area contributed by atoms with Gasteiger partial charge in [0.25, 0.3) is 0 Å². The van der Waals surface area contributed by atoms with E-state index in [2.05, 4.69) is 5.43 Å². The summed E-state index contributed by atoms with van der Waals surface area (Å²) in [6.07, 6.45) is 3.85. The van der Waals surface area contributed by atoms with Crippen molar-refractivity contribution in [2.75, 3.05) is 19.6 Å². The minimum absolute atomic E-state index is 0.229. The van der Waals surface area contributed by atoms with Gasteiger partial charge in [0.2, 0.25) is 0 Å². The number of carboxylic acid groups (broad SMARTS) is 1. The molecule has 1 aliphatic rings. The highest BCUT2D eigenvalue weighted by molar-refractivity contribution is 5.66. The van der Waals surface area contributed by atoms with Crippen LogP contribution in [0.15, 0.2) is 0 Å². The van der Waals surface area contributed by atoms with Crippen LogP contribution in [0.3, 0.4) is 0 Å². The Hall–Kier alpha value is -0.610. The molecule has 0 atom stereocenters. The normalized spacial score (nSPS) is 20.3. The number of aliphatic carboxylic acids is 1. The van der Waals surface area contributed by atoms with Crippen LogP contribution in [0.2, 0.25) is 0 Å². The predicted octanol–water partition coefficient (Wildman–Crippen LogP) is 0.452. The van der Waals surface area contributed by atoms with Gasteiger partial charge in [-0.05, 0) is 12.8 Å². The summed E-state index contributed by atoms with van der Waals surface area (Å²) in [6.45, 7) is 2.59. The number of rotatable bonds is 3. The third kappa shape index (κ3) is 3.69. The van der Waals surface area contributed by atoms with Crippen LogP contribution in [0, 0.1) is 0 Å². The van der Waals surface area contributed by atoms with E-state index >= 15 is 0 Å². The first-order valence-electron chi connectivity index (χ1n) is 4.49. The number of nitrogens with one attached hydrogen (secondary N) is 1. The number of carbonyl (C=O) groups is 1. The summed E-state index contributed by atoms with van der Waals surface area (Å²) in [5, 5.41) is 10.5. The lowest BCUT2D eigenvalue weighted by atomic mass is 10.2. The Balaban J connectivity index is 2.16. The van der Waals surface area contributed by atoms with Gasteiger partial charge in [-0.25, -0.2) is 5.01 Å². The molecule has 0 saturated carbocycles. The molecule has 4 heteroatoms. The SMILES string of the molecule is O=C(O)CCN1CCCCCN1. The van der Waals surface area contributed by atoms with Crippen molar-refractivity contribution in [1.82, 2.24) is 10.4 Å². The Morgan fingerprint density at radius 3 is 3.00 bits per heavy atom. The Morgan fingerprint density at radius 1 is 1.42 bits per heavy atom. The van der Waals surface area contributed by atoms with E-state index in [1.165, 1.54) is 19.3 Å². The molecule has 0 bridgehead atoms. The second-order valence-electron chi connectivity index (χ2n) is 3.10. The maximum atomic E-state index is 10.3. The first-order valence-corrected chi connectivity index (χ1v) is 4.49. The van der Waals surface area contributed by atoms with E-state index in [-0.39, 0.29) is 6.42 Å². The fourth-order valence-corrected chi connectivity index (χ4v) is 1.34. The number of nitrogens with zero attached hydrogens (tertiary/aromatic N) is 1. The molecule has 1 aliphatic heterocycles. The van der Waals surface area contributed by atoms with Crippen LogP contribution in [0.5, 0.6) is 0 Å². The highest BCUT2D eigenvalue weighted by atomic mass is 16.4. The van der Waals surface area contributed by atoms with E-state index in [9.17, 15) is 4.79 Å². The molecule has 0 aliphatic carbocycles. The van der Waals surface area contributed by atoms with Crippen LogP contribution in [0.1, 0.15) is 25.7 Å². The minimum atomic E-state index is -0.721. The zero-order valence-corrected chi connectivity index (χ0v) is 7.25. The van der Waals surface area contributed by atoms with Crippen molar-refractivity contribution in [2.24, 2.45) is 0 Å². The molecule has 70 valence electrons. The average Bonchev–Trinajstić information content (AvgIpc) is 2.28. The first kappa shape index (κ1) is 9.48. The van der Waals surface area contributed by atoms with Crippen molar-refractivity contribution in [3.8, 4) is 0 Å². The van der Waals surface area contributed by atoms with E-state index in [0.717, 1.165) is 13.1 Å². The lowest BCUT2D eigenvalue weighted by Gasteiger charge is -2.19. The van der Waals surface area contributed by atoms with E-state index < -0.39 is 5.97 Å². The fourth-order valence-electron chi connectivity index (χ4n) is 1.34. The van der Waals surface area contributed by atoms with E-state index in [0.29, 0.717) is 6.54 Å².